The number of hydrogen-bond acceptors (Lipinski definition) is 5. The lowest BCUT2D eigenvalue weighted by Gasteiger charge is -2.32. The molecular formula is C17H17FN2O5S2. The van der Waals surface area contributed by atoms with Crippen LogP contribution >= 0.6 is 11.3 Å². The summed E-state index contributed by atoms with van der Waals surface area (Å²) < 4.78 is 40.2. The van der Waals surface area contributed by atoms with Crippen molar-refractivity contribution >= 4 is 33.2 Å². The van der Waals surface area contributed by atoms with Gasteiger partial charge in [-0.3, -0.25) is 4.79 Å². The predicted molar refractivity (Wildman–Crippen MR) is 96.9 cm³/mol. The zero-order chi connectivity index (χ0) is 19.6. The zero-order valence-corrected chi connectivity index (χ0v) is 15.7. The van der Waals surface area contributed by atoms with Gasteiger partial charge in [-0.1, -0.05) is 0 Å². The second-order valence-electron chi connectivity index (χ2n) is 6.11. The first kappa shape index (κ1) is 19.5. The number of carbonyl (C=O) groups is 2. The molecule has 0 radical (unpaired) electrons. The Morgan fingerprint density at radius 1 is 1.07 bits per heavy atom. The van der Waals surface area contributed by atoms with Crippen molar-refractivity contribution in [1.29, 1.82) is 0 Å². The highest BCUT2D eigenvalue weighted by Crippen LogP contribution is 2.21. The van der Waals surface area contributed by atoms with Crippen LogP contribution in [0.4, 0.5) is 4.39 Å². The van der Waals surface area contributed by atoms with Gasteiger partial charge in [-0.05, 0) is 49.2 Å². The van der Waals surface area contributed by atoms with E-state index in [0.717, 1.165) is 23.5 Å². The SMILES string of the molecule is O=C(O)c1ccc(C(=O)N2CCC(NS(=O)(=O)c3ccc(F)cc3)CC2)s1. The smallest absolute Gasteiger partial charge is 0.345 e. The van der Waals surface area contributed by atoms with Crippen LogP contribution in [0.15, 0.2) is 41.3 Å². The van der Waals surface area contributed by atoms with Crippen molar-refractivity contribution < 1.29 is 27.5 Å². The number of carboxylic acids is 1. The van der Waals surface area contributed by atoms with Gasteiger partial charge in [0.2, 0.25) is 10.0 Å². The lowest BCUT2D eigenvalue weighted by molar-refractivity contribution is 0.0699. The summed E-state index contributed by atoms with van der Waals surface area (Å²) in [4.78, 5) is 25.4. The number of halogens is 1. The van der Waals surface area contributed by atoms with E-state index >= 15 is 0 Å². The minimum absolute atomic E-state index is 0.0119. The molecule has 10 heteroatoms. The number of nitrogens with one attached hydrogen (secondary N) is 1. The van der Waals surface area contributed by atoms with Crippen LogP contribution in [-0.2, 0) is 10.0 Å². The lowest BCUT2D eigenvalue weighted by Crippen LogP contribution is -2.46. The predicted octanol–water partition coefficient (Wildman–Crippen LogP) is 2.17. The van der Waals surface area contributed by atoms with E-state index in [0.29, 0.717) is 30.8 Å². The molecule has 1 fully saturated rings. The highest BCUT2D eigenvalue weighted by atomic mass is 32.2. The van der Waals surface area contributed by atoms with Crippen LogP contribution in [0.25, 0.3) is 0 Å². The molecule has 1 aliphatic heterocycles. The van der Waals surface area contributed by atoms with Crippen molar-refractivity contribution in [3.05, 3.63) is 52.0 Å². The number of hydrogen-bond donors (Lipinski definition) is 2. The Balaban J connectivity index is 1.59. The first-order valence-electron chi connectivity index (χ1n) is 8.16. The molecule has 2 aromatic rings. The average molecular weight is 412 g/mol. The third-order valence-corrected chi connectivity index (χ3v) is 6.85. The van der Waals surface area contributed by atoms with Crippen molar-refractivity contribution in [2.24, 2.45) is 0 Å². The number of sulfonamides is 1. The molecule has 0 saturated carbocycles. The Morgan fingerprint density at radius 3 is 2.22 bits per heavy atom. The molecular weight excluding hydrogens is 395 g/mol. The fourth-order valence-electron chi connectivity index (χ4n) is 2.83. The molecule has 1 aliphatic rings. The van der Waals surface area contributed by atoms with Crippen molar-refractivity contribution in [2.45, 2.75) is 23.8 Å². The van der Waals surface area contributed by atoms with E-state index in [9.17, 15) is 22.4 Å². The van der Waals surface area contributed by atoms with Crippen LogP contribution in [0.5, 0.6) is 0 Å². The molecule has 0 spiro atoms. The first-order chi connectivity index (χ1) is 12.8. The van der Waals surface area contributed by atoms with E-state index in [1.54, 1.807) is 4.90 Å². The number of carbonyl (C=O) groups excluding carboxylic acids is 1. The maximum Gasteiger partial charge on any atom is 0.345 e. The number of nitrogens with zero attached hydrogens (tertiary/aromatic N) is 1. The summed E-state index contributed by atoms with van der Waals surface area (Å²) in [5.74, 6) is -1.85. The molecule has 1 saturated heterocycles. The fourth-order valence-corrected chi connectivity index (χ4v) is 4.94. The van der Waals surface area contributed by atoms with Gasteiger partial charge in [0.1, 0.15) is 10.7 Å². The molecule has 0 bridgehead atoms. The number of piperidine rings is 1. The number of amides is 1. The summed E-state index contributed by atoms with van der Waals surface area (Å²) in [6, 6.07) is 7.12. The average Bonchev–Trinajstić information content (AvgIpc) is 3.12. The van der Waals surface area contributed by atoms with Crippen LogP contribution in [0, 0.1) is 5.82 Å². The van der Waals surface area contributed by atoms with Crippen LogP contribution in [0.1, 0.15) is 32.2 Å². The molecule has 0 aliphatic carbocycles. The summed E-state index contributed by atoms with van der Waals surface area (Å²) in [5.41, 5.74) is 0. The molecule has 0 atom stereocenters. The topological polar surface area (TPSA) is 104 Å². The van der Waals surface area contributed by atoms with Gasteiger partial charge < -0.3 is 10.0 Å². The van der Waals surface area contributed by atoms with Gasteiger partial charge in [0, 0.05) is 19.1 Å². The molecule has 0 unspecified atom stereocenters. The number of rotatable bonds is 5. The first-order valence-corrected chi connectivity index (χ1v) is 10.5. The Hall–Kier alpha value is -2.30. The van der Waals surface area contributed by atoms with Crippen LogP contribution in [0.2, 0.25) is 0 Å². The van der Waals surface area contributed by atoms with E-state index in [-0.39, 0.29) is 21.7 Å². The summed E-state index contributed by atoms with van der Waals surface area (Å²) in [7, 11) is -3.76. The number of benzene rings is 1. The third kappa shape index (κ3) is 4.52. The summed E-state index contributed by atoms with van der Waals surface area (Å²) in [6.45, 7) is 0.714. The zero-order valence-electron chi connectivity index (χ0n) is 14.1. The van der Waals surface area contributed by atoms with Crippen LogP contribution in [-0.4, -0.2) is 49.4 Å². The Morgan fingerprint density at radius 2 is 1.67 bits per heavy atom. The van der Waals surface area contributed by atoms with E-state index in [2.05, 4.69) is 4.72 Å². The van der Waals surface area contributed by atoms with Gasteiger partial charge in [0.05, 0.1) is 9.77 Å². The maximum atomic E-state index is 13.0. The lowest BCUT2D eigenvalue weighted by atomic mass is 10.1. The highest BCUT2D eigenvalue weighted by molar-refractivity contribution is 7.89. The third-order valence-electron chi connectivity index (χ3n) is 4.26. The van der Waals surface area contributed by atoms with E-state index in [1.807, 2.05) is 0 Å². The second-order valence-corrected chi connectivity index (χ2v) is 8.91. The van der Waals surface area contributed by atoms with E-state index in [1.165, 1.54) is 24.3 Å². The van der Waals surface area contributed by atoms with Gasteiger partial charge in [-0.25, -0.2) is 22.3 Å². The summed E-state index contributed by atoms with van der Waals surface area (Å²) >= 11 is 0.919. The van der Waals surface area contributed by atoms with Gasteiger partial charge >= 0.3 is 5.97 Å². The fraction of sp³-hybridized carbons (Fsp3) is 0.294. The standard InChI is InChI=1S/C17H17FN2O5S2/c18-11-1-3-13(4-2-11)27(24,25)19-12-7-9-20(10-8-12)16(21)14-5-6-15(26-14)17(22)23/h1-6,12,19H,7-10H2,(H,22,23). The van der Waals surface area contributed by atoms with E-state index in [4.69, 9.17) is 5.11 Å². The number of likely N-dealkylation sites (tertiary alicyclic amines) is 1. The molecule has 1 amide bonds. The summed E-state index contributed by atoms with van der Waals surface area (Å²) in [6.07, 6.45) is 0.868. The molecule has 2 N–H and O–H groups in total. The summed E-state index contributed by atoms with van der Waals surface area (Å²) in [5, 5.41) is 8.94. The Labute approximate surface area is 159 Å². The molecule has 1 aromatic carbocycles. The van der Waals surface area contributed by atoms with Crippen molar-refractivity contribution in [2.75, 3.05) is 13.1 Å². The Bertz CT molecular complexity index is 948. The number of aromatic carboxylic acids is 1. The van der Waals surface area contributed by atoms with Crippen molar-refractivity contribution in [1.82, 2.24) is 9.62 Å². The highest BCUT2D eigenvalue weighted by Gasteiger charge is 2.28. The number of carboxylic acid groups (broad SMARTS) is 1. The van der Waals surface area contributed by atoms with Crippen molar-refractivity contribution in [3.8, 4) is 0 Å². The maximum absolute atomic E-state index is 13.0. The van der Waals surface area contributed by atoms with Gasteiger partial charge in [-0.15, -0.1) is 11.3 Å². The normalized spacial score (nSPS) is 15.7. The number of thiophene rings is 1. The quantitative estimate of drug-likeness (QED) is 0.783. The Kier molecular flexibility index (Phi) is 5.59. The van der Waals surface area contributed by atoms with Crippen LogP contribution < -0.4 is 4.72 Å². The minimum Gasteiger partial charge on any atom is -0.477 e. The molecule has 1 aromatic heterocycles. The van der Waals surface area contributed by atoms with E-state index < -0.39 is 21.8 Å². The van der Waals surface area contributed by atoms with Crippen molar-refractivity contribution in [3.63, 3.8) is 0 Å². The minimum atomic E-state index is -3.76. The monoisotopic (exact) mass is 412 g/mol. The molecule has 2 heterocycles. The molecule has 27 heavy (non-hydrogen) atoms. The molecule has 144 valence electrons. The van der Waals surface area contributed by atoms with Gasteiger partial charge in [0.25, 0.3) is 5.91 Å². The van der Waals surface area contributed by atoms with Gasteiger partial charge in [0.15, 0.2) is 0 Å². The van der Waals surface area contributed by atoms with Gasteiger partial charge in [-0.2, -0.15) is 0 Å². The molecule has 3 rings (SSSR count). The largest absolute Gasteiger partial charge is 0.477 e. The van der Waals surface area contributed by atoms with Crippen LogP contribution in [0.3, 0.4) is 0 Å². The second kappa shape index (κ2) is 7.75. The molecule has 7 nitrogen and oxygen atoms in total.